The summed E-state index contributed by atoms with van der Waals surface area (Å²) in [7, 11) is 0. The van der Waals surface area contributed by atoms with Gasteiger partial charge in [-0.3, -0.25) is 33.7 Å². The number of ether oxygens (including phenoxy) is 6. The lowest BCUT2D eigenvalue weighted by Gasteiger charge is -2.47. The summed E-state index contributed by atoms with van der Waals surface area (Å²) < 4.78 is 39.2. The van der Waals surface area contributed by atoms with E-state index in [-0.39, 0.29) is 10.8 Å². The van der Waals surface area contributed by atoms with Crippen LogP contribution in [0.4, 0.5) is 0 Å². The highest BCUT2D eigenvalue weighted by molar-refractivity contribution is 8.14. The van der Waals surface area contributed by atoms with E-state index in [1.807, 2.05) is 0 Å². The van der Waals surface area contributed by atoms with Crippen molar-refractivity contribution in [3.8, 4) is 5.75 Å². The van der Waals surface area contributed by atoms with Crippen LogP contribution in [-0.4, -0.2) is 94.6 Å². The number of carbonyl (C=O) groups excluding carboxylic acids is 6. The van der Waals surface area contributed by atoms with Crippen molar-refractivity contribution in [1.82, 2.24) is 9.91 Å². The first kappa shape index (κ1) is 39.8. The number of thioether (sulfide) groups is 1. The normalized spacial score (nSPS) is 22.6. The summed E-state index contributed by atoms with van der Waals surface area (Å²) in [5.74, 6) is -4.08. The highest BCUT2D eigenvalue weighted by Crippen LogP contribution is 2.44. The van der Waals surface area contributed by atoms with E-state index in [0.29, 0.717) is 23.3 Å². The Kier molecular flexibility index (Phi) is 13.4. The molecular weight excluding hydrogens is 706 g/mol. The van der Waals surface area contributed by atoms with Crippen LogP contribution in [0.2, 0.25) is 0 Å². The Morgan fingerprint density at radius 1 is 0.865 bits per heavy atom. The molecule has 2 aliphatic heterocycles. The van der Waals surface area contributed by atoms with Crippen molar-refractivity contribution in [2.24, 2.45) is 5.10 Å². The molecule has 0 radical (unpaired) electrons. The smallest absolute Gasteiger partial charge is 0.336 e. The average molecular weight is 748 g/mol. The lowest BCUT2D eigenvalue weighted by molar-refractivity contribution is -0.269. The van der Waals surface area contributed by atoms with Crippen LogP contribution < -0.4 is 10.4 Å². The second-order valence-electron chi connectivity index (χ2n) is 11.9. The zero-order chi connectivity index (χ0) is 38.3. The number of hydrazone groups is 1. The summed E-state index contributed by atoms with van der Waals surface area (Å²) in [6.45, 7) is 8.73. The molecule has 1 saturated heterocycles. The number of hydrogen-bond acceptors (Lipinski definition) is 16. The van der Waals surface area contributed by atoms with Crippen LogP contribution in [0, 0.1) is 0 Å². The summed E-state index contributed by atoms with van der Waals surface area (Å²) in [5, 5.41) is 4.78. The molecule has 1 fully saturated rings. The van der Waals surface area contributed by atoms with E-state index in [1.54, 1.807) is 18.2 Å². The summed E-state index contributed by atoms with van der Waals surface area (Å²) in [6.07, 6.45) is -4.86. The Hall–Kier alpha value is -4.97. The van der Waals surface area contributed by atoms with Crippen LogP contribution in [0.1, 0.15) is 78.7 Å². The Morgan fingerprint density at radius 2 is 1.52 bits per heavy atom. The molecule has 2 aliphatic rings. The minimum Gasteiger partial charge on any atom is -0.494 e. The molecule has 52 heavy (non-hydrogen) atoms. The molecular formula is C34H41N3O14S. The summed E-state index contributed by atoms with van der Waals surface area (Å²) in [6, 6.07) is 6.13. The molecule has 4 rings (SSSR count). The minimum atomic E-state index is -1.64. The van der Waals surface area contributed by atoms with E-state index in [0.717, 1.165) is 75.6 Å². The molecule has 2 aromatic rings. The third kappa shape index (κ3) is 9.67. The van der Waals surface area contributed by atoms with Gasteiger partial charge in [-0.15, -0.1) is 5.10 Å². The number of esters is 4. The third-order valence-corrected chi connectivity index (χ3v) is 8.92. The molecule has 3 heterocycles. The van der Waals surface area contributed by atoms with Gasteiger partial charge in [0.25, 0.3) is 0 Å². The number of hydrogen-bond donors (Lipinski definition) is 0. The third-order valence-electron chi connectivity index (χ3n) is 7.75. The molecule has 282 valence electrons. The van der Waals surface area contributed by atoms with Gasteiger partial charge < -0.3 is 32.8 Å². The largest absolute Gasteiger partial charge is 0.494 e. The van der Waals surface area contributed by atoms with Crippen molar-refractivity contribution >= 4 is 63.6 Å². The fourth-order valence-electron chi connectivity index (χ4n) is 5.69. The number of benzene rings is 1. The maximum absolute atomic E-state index is 13.5. The summed E-state index contributed by atoms with van der Waals surface area (Å²) in [4.78, 5) is 89.2. The van der Waals surface area contributed by atoms with Gasteiger partial charge in [0.2, 0.25) is 11.8 Å². The first-order valence-corrected chi connectivity index (χ1v) is 17.3. The first-order valence-electron chi connectivity index (χ1n) is 16.5. The molecule has 0 aliphatic carbocycles. The van der Waals surface area contributed by atoms with Crippen molar-refractivity contribution < 1.29 is 61.6 Å². The zero-order valence-corrected chi connectivity index (χ0v) is 30.6. The van der Waals surface area contributed by atoms with Gasteiger partial charge in [-0.25, -0.2) is 9.80 Å². The van der Waals surface area contributed by atoms with Crippen LogP contribution in [0.25, 0.3) is 11.0 Å². The highest BCUT2D eigenvalue weighted by atomic mass is 32.2. The average Bonchev–Trinajstić information content (AvgIpc) is 3.49. The van der Waals surface area contributed by atoms with Crippen LogP contribution in [0.3, 0.4) is 0 Å². The van der Waals surface area contributed by atoms with Crippen molar-refractivity contribution in [2.75, 3.05) is 13.2 Å². The van der Waals surface area contributed by atoms with Crippen molar-refractivity contribution in [1.29, 1.82) is 0 Å². The van der Waals surface area contributed by atoms with Gasteiger partial charge in [-0.05, 0) is 24.6 Å². The predicted molar refractivity (Wildman–Crippen MR) is 182 cm³/mol. The lowest BCUT2D eigenvalue weighted by atomic mass is 9.96. The quantitative estimate of drug-likeness (QED) is 0.132. The van der Waals surface area contributed by atoms with Crippen LogP contribution >= 0.6 is 11.8 Å². The summed E-state index contributed by atoms with van der Waals surface area (Å²) in [5.41, 5.74) is -0.182. The Labute approximate surface area is 302 Å². The number of nitrogens with zero attached hydrogens (tertiary/aromatic N) is 3. The van der Waals surface area contributed by atoms with Gasteiger partial charge in [-0.2, -0.15) is 0 Å². The second-order valence-corrected chi connectivity index (χ2v) is 13.0. The molecule has 0 bridgehead atoms. The Bertz CT molecular complexity index is 1790. The van der Waals surface area contributed by atoms with Crippen molar-refractivity contribution in [3.05, 3.63) is 40.2 Å². The number of fused-ring (bicyclic) bond motifs is 1. The van der Waals surface area contributed by atoms with Crippen molar-refractivity contribution in [3.63, 3.8) is 0 Å². The molecule has 1 aromatic heterocycles. The van der Waals surface area contributed by atoms with E-state index < -0.39 is 83.9 Å². The van der Waals surface area contributed by atoms with Gasteiger partial charge >= 0.3 is 29.5 Å². The van der Waals surface area contributed by atoms with Gasteiger partial charge in [0.05, 0.1) is 6.61 Å². The van der Waals surface area contributed by atoms with Gasteiger partial charge in [0, 0.05) is 58.6 Å². The second kappa shape index (κ2) is 17.5. The van der Waals surface area contributed by atoms with Crippen LogP contribution in [0.15, 0.2) is 38.6 Å². The van der Waals surface area contributed by atoms with E-state index in [9.17, 15) is 33.6 Å². The first-order chi connectivity index (χ1) is 24.6. The standard InChI is InChI=1S/C34H41N3O14S/c1-8-9-10-13-45-23-11-12-26-24(14-23)25(15-28(44)50-26)33-37(18(3)39)35-34(52-33)36(17(2)38)32-31(49-22(7)43)30(48-21(6)42)29(47-20(5)41)27(51-32)16-46-19(4)40/h11-12,14-15,27,29-33H,8-10,13,16H2,1-7H3/t27-,29-,30+,31-,32-,33?/m1/s1. The molecule has 17 nitrogen and oxygen atoms in total. The fraction of sp³-hybridized carbons (Fsp3) is 0.529. The van der Waals surface area contributed by atoms with Gasteiger partial charge in [-0.1, -0.05) is 31.5 Å². The van der Waals surface area contributed by atoms with Gasteiger partial charge in [0.1, 0.15) is 29.4 Å². The van der Waals surface area contributed by atoms with Crippen molar-refractivity contribution in [2.45, 2.75) is 104 Å². The molecule has 1 aromatic carbocycles. The molecule has 0 spiro atoms. The van der Waals surface area contributed by atoms with Crippen LogP contribution in [-0.2, 0) is 52.5 Å². The fourth-order valence-corrected chi connectivity index (χ4v) is 6.99. The van der Waals surface area contributed by atoms with E-state index >= 15 is 0 Å². The number of carbonyl (C=O) groups is 6. The maximum atomic E-state index is 13.5. The molecule has 1 unspecified atom stereocenters. The number of amidine groups is 1. The lowest BCUT2D eigenvalue weighted by Crippen LogP contribution is -2.67. The Balaban J connectivity index is 1.81. The highest BCUT2D eigenvalue weighted by Gasteiger charge is 2.56. The Morgan fingerprint density at radius 3 is 2.12 bits per heavy atom. The van der Waals surface area contributed by atoms with Gasteiger partial charge in [0.15, 0.2) is 29.7 Å². The molecule has 0 saturated carbocycles. The summed E-state index contributed by atoms with van der Waals surface area (Å²) >= 11 is 0.891. The molecule has 6 atom stereocenters. The monoisotopic (exact) mass is 747 g/mol. The van der Waals surface area contributed by atoms with E-state index in [2.05, 4.69) is 12.0 Å². The zero-order valence-electron chi connectivity index (χ0n) is 29.8. The SMILES string of the molecule is CCCCCOc1ccc2oc(=O)cc(C3SC(N(C(C)=O)[C@@H]4O[C@H](COC(C)=O)[C@@H](OC(C)=O)[C@H](OC(C)=O)[C@H]4OC(C)=O)=NN3C(C)=O)c2c1. The molecule has 0 N–H and O–H groups in total. The maximum Gasteiger partial charge on any atom is 0.336 e. The number of rotatable bonds is 12. The van der Waals surface area contributed by atoms with E-state index in [4.69, 9.17) is 32.8 Å². The van der Waals surface area contributed by atoms with E-state index in [1.165, 1.54) is 13.0 Å². The van der Waals surface area contributed by atoms with Crippen LogP contribution in [0.5, 0.6) is 5.75 Å². The number of unbranched alkanes of at least 4 members (excludes halogenated alkanes) is 2. The topological polar surface area (TPSA) is 207 Å². The minimum absolute atomic E-state index is 0.137. The number of amides is 2. The molecule has 2 amide bonds. The predicted octanol–water partition coefficient (Wildman–Crippen LogP) is 3.16. The molecule has 18 heteroatoms.